The van der Waals surface area contributed by atoms with Crippen LogP contribution in [0.15, 0.2) is 30.3 Å². The number of benzene rings is 1. The first-order valence-electron chi connectivity index (χ1n) is 6.49. The van der Waals surface area contributed by atoms with Crippen LogP contribution in [0.1, 0.15) is 18.4 Å². The molecular formula is C13H17N3O5S. The Morgan fingerprint density at radius 1 is 1.32 bits per heavy atom. The number of nitrogens with zero attached hydrogens (tertiary/aromatic N) is 1. The minimum absolute atomic E-state index is 0.0836. The van der Waals surface area contributed by atoms with E-state index < -0.39 is 20.9 Å². The molecule has 3 N–H and O–H groups in total. The zero-order chi connectivity index (χ0) is 16.6. The van der Waals surface area contributed by atoms with E-state index in [0.29, 0.717) is 24.9 Å². The van der Waals surface area contributed by atoms with Crippen molar-refractivity contribution in [1.29, 1.82) is 0 Å². The molecular weight excluding hydrogens is 310 g/mol. The molecule has 0 fully saturated rings. The molecule has 1 rings (SSSR count). The van der Waals surface area contributed by atoms with Crippen molar-refractivity contribution in [2.45, 2.75) is 12.8 Å². The first kappa shape index (κ1) is 17.8. The molecule has 22 heavy (non-hydrogen) atoms. The van der Waals surface area contributed by atoms with Crippen LogP contribution in [0.2, 0.25) is 0 Å². The normalized spacial score (nSPS) is 11.5. The molecule has 8 nitrogen and oxygen atoms in total. The van der Waals surface area contributed by atoms with E-state index in [2.05, 4.69) is 5.32 Å². The lowest BCUT2D eigenvalue weighted by atomic mass is 10.1. The Bertz CT molecular complexity index is 670. The number of nitro groups is 1. The molecule has 0 saturated heterocycles. The van der Waals surface area contributed by atoms with E-state index >= 15 is 0 Å². The molecule has 1 aromatic carbocycles. The van der Waals surface area contributed by atoms with Gasteiger partial charge in [-0.1, -0.05) is 12.1 Å². The van der Waals surface area contributed by atoms with Crippen LogP contribution >= 0.6 is 0 Å². The summed E-state index contributed by atoms with van der Waals surface area (Å²) in [6, 6.07) is 6.07. The highest BCUT2D eigenvalue weighted by Gasteiger charge is 2.09. The Morgan fingerprint density at radius 2 is 2.00 bits per heavy atom. The second-order valence-electron chi connectivity index (χ2n) is 4.51. The monoisotopic (exact) mass is 327 g/mol. The third kappa shape index (κ3) is 6.95. The fraction of sp³-hybridized carbons (Fsp3) is 0.308. The molecule has 120 valence electrons. The van der Waals surface area contributed by atoms with Crippen LogP contribution in [0.25, 0.3) is 6.08 Å². The van der Waals surface area contributed by atoms with E-state index in [0.717, 1.165) is 0 Å². The summed E-state index contributed by atoms with van der Waals surface area (Å²) in [5, 5.41) is 18.2. The number of sulfonamides is 1. The lowest BCUT2D eigenvalue weighted by Gasteiger charge is -2.02. The van der Waals surface area contributed by atoms with Crippen LogP contribution in [-0.2, 0) is 14.8 Å². The van der Waals surface area contributed by atoms with Crippen LogP contribution in [0, 0.1) is 10.1 Å². The number of hydrogen-bond acceptors (Lipinski definition) is 5. The van der Waals surface area contributed by atoms with Gasteiger partial charge < -0.3 is 5.32 Å². The summed E-state index contributed by atoms with van der Waals surface area (Å²) in [4.78, 5) is 21.8. The molecule has 1 aromatic rings. The summed E-state index contributed by atoms with van der Waals surface area (Å²) >= 11 is 0. The van der Waals surface area contributed by atoms with Crippen LogP contribution in [0.4, 0.5) is 5.69 Å². The van der Waals surface area contributed by atoms with Crippen LogP contribution in [-0.4, -0.2) is 31.5 Å². The standard InChI is InChI=1S/C13H17N3O5S/c14-22(20,21)10-4-3-9-15-13(17)8-7-11-5-1-2-6-12(11)16(18)19/h1-2,5-8H,3-4,9-10H2,(H,15,17)(H2,14,20,21)/b8-7+. The van der Waals surface area contributed by atoms with Crippen molar-refractivity contribution >= 4 is 27.7 Å². The summed E-state index contributed by atoms with van der Waals surface area (Å²) in [6.07, 6.45) is 3.38. The van der Waals surface area contributed by atoms with Gasteiger partial charge >= 0.3 is 0 Å². The molecule has 0 radical (unpaired) electrons. The average molecular weight is 327 g/mol. The summed E-state index contributed by atoms with van der Waals surface area (Å²) in [5.41, 5.74) is 0.247. The minimum Gasteiger partial charge on any atom is -0.353 e. The Hall–Kier alpha value is -2.26. The number of primary sulfonamides is 1. The summed E-state index contributed by atoms with van der Waals surface area (Å²) < 4.78 is 21.4. The highest BCUT2D eigenvalue weighted by molar-refractivity contribution is 7.89. The number of nitro benzene ring substituents is 1. The zero-order valence-corrected chi connectivity index (χ0v) is 12.6. The molecule has 0 saturated carbocycles. The van der Waals surface area contributed by atoms with Gasteiger partial charge in [-0.05, 0) is 25.0 Å². The van der Waals surface area contributed by atoms with Gasteiger partial charge in [-0.25, -0.2) is 13.6 Å². The van der Waals surface area contributed by atoms with Crippen molar-refractivity contribution in [2.75, 3.05) is 12.3 Å². The highest BCUT2D eigenvalue weighted by atomic mass is 32.2. The molecule has 0 unspecified atom stereocenters. The number of carbonyl (C=O) groups excluding carboxylic acids is 1. The number of amides is 1. The first-order chi connectivity index (χ1) is 10.3. The van der Waals surface area contributed by atoms with Gasteiger partial charge in [0, 0.05) is 18.7 Å². The molecule has 0 aliphatic carbocycles. The Kier molecular flexibility index (Phi) is 6.67. The number of carbonyl (C=O) groups is 1. The fourth-order valence-electron chi connectivity index (χ4n) is 1.66. The lowest BCUT2D eigenvalue weighted by molar-refractivity contribution is -0.385. The summed E-state index contributed by atoms with van der Waals surface area (Å²) in [7, 11) is -3.47. The highest BCUT2D eigenvalue weighted by Crippen LogP contribution is 2.18. The van der Waals surface area contributed by atoms with Gasteiger partial charge in [0.1, 0.15) is 0 Å². The largest absolute Gasteiger partial charge is 0.353 e. The number of hydrogen-bond donors (Lipinski definition) is 2. The van der Waals surface area contributed by atoms with Crippen molar-refractivity contribution in [3.63, 3.8) is 0 Å². The number of rotatable bonds is 8. The topological polar surface area (TPSA) is 132 Å². The zero-order valence-electron chi connectivity index (χ0n) is 11.8. The van der Waals surface area contributed by atoms with Crippen molar-refractivity contribution in [3.8, 4) is 0 Å². The van der Waals surface area contributed by atoms with Gasteiger partial charge in [-0.2, -0.15) is 0 Å². The van der Waals surface area contributed by atoms with Gasteiger partial charge in [0.05, 0.1) is 16.2 Å². The molecule has 0 aromatic heterocycles. The average Bonchev–Trinajstić information content (AvgIpc) is 2.43. The van der Waals surface area contributed by atoms with Gasteiger partial charge in [-0.3, -0.25) is 14.9 Å². The molecule has 0 aliphatic heterocycles. The molecule has 9 heteroatoms. The van der Waals surface area contributed by atoms with Crippen LogP contribution < -0.4 is 10.5 Å². The van der Waals surface area contributed by atoms with Crippen molar-refractivity contribution in [3.05, 3.63) is 46.0 Å². The Labute approximate surface area is 128 Å². The van der Waals surface area contributed by atoms with Gasteiger partial charge in [0.25, 0.3) is 5.69 Å². The number of nitrogens with two attached hydrogens (primary N) is 1. The maximum absolute atomic E-state index is 11.5. The third-order valence-corrected chi connectivity index (χ3v) is 3.56. The number of para-hydroxylation sites is 1. The second-order valence-corrected chi connectivity index (χ2v) is 6.25. The third-order valence-electron chi connectivity index (χ3n) is 2.70. The molecule has 0 spiro atoms. The van der Waals surface area contributed by atoms with E-state index in [-0.39, 0.29) is 11.4 Å². The van der Waals surface area contributed by atoms with Gasteiger partial charge in [-0.15, -0.1) is 0 Å². The van der Waals surface area contributed by atoms with Crippen molar-refractivity contribution in [2.24, 2.45) is 5.14 Å². The van der Waals surface area contributed by atoms with Crippen LogP contribution in [0.5, 0.6) is 0 Å². The molecule has 0 heterocycles. The number of nitrogens with one attached hydrogen (secondary N) is 1. The Morgan fingerprint density at radius 3 is 2.64 bits per heavy atom. The van der Waals surface area contributed by atoms with E-state index in [1.54, 1.807) is 12.1 Å². The predicted molar refractivity (Wildman–Crippen MR) is 82.3 cm³/mol. The van der Waals surface area contributed by atoms with E-state index in [1.165, 1.54) is 24.3 Å². The summed E-state index contributed by atoms with van der Waals surface area (Å²) in [5.74, 6) is -0.539. The molecule has 0 atom stereocenters. The first-order valence-corrected chi connectivity index (χ1v) is 8.21. The van der Waals surface area contributed by atoms with E-state index in [9.17, 15) is 23.3 Å². The smallest absolute Gasteiger partial charge is 0.276 e. The molecule has 1 amide bonds. The molecule has 0 aliphatic rings. The Balaban J connectivity index is 2.44. The predicted octanol–water partition coefficient (Wildman–Crippen LogP) is 0.793. The fourth-order valence-corrected chi connectivity index (χ4v) is 2.27. The van der Waals surface area contributed by atoms with Crippen LogP contribution in [0.3, 0.4) is 0 Å². The van der Waals surface area contributed by atoms with Gasteiger partial charge in [0.2, 0.25) is 15.9 Å². The second kappa shape index (κ2) is 8.25. The SMILES string of the molecule is NS(=O)(=O)CCCCNC(=O)/C=C/c1ccccc1[N+](=O)[O-]. The minimum atomic E-state index is -3.47. The van der Waals surface area contributed by atoms with Gasteiger partial charge in [0.15, 0.2) is 0 Å². The maximum atomic E-state index is 11.5. The summed E-state index contributed by atoms with van der Waals surface area (Å²) in [6.45, 7) is 0.301. The van der Waals surface area contributed by atoms with E-state index in [4.69, 9.17) is 5.14 Å². The number of unbranched alkanes of at least 4 members (excludes halogenated alkanes) is 1. The maximum Gasteiger partial charge on any atom is 0.276 e. The van der Waals surface area contributed by atoms with E-state index in [1.807, 2.05) is 0 Å². The molecule has 0 bridgehead atoms. The lowest BCUT2D eigenvalue weighted by Crippen LogP contribution is -2.23. The van der Waals surface area contributed by atoms with Crippen molar-refractivity contribution in [1.82, 2.24) is 5.32 Å². The van der Waals surface area contributed by atoms with Crippen molar-refractivity contribution < 1.29 is 18.1 Å². The quantitative estimate of drug-likeness (QED) is 0.315.